The molecule has 0 fully saturated rings. The fourth-order valence-corrected chi connectivity index (χ4v) is 2.80. The molecule has 6 nitrogen and oxygen atoms in total. The molecule has 1 amide bonds. The van der Waals surface area contributed by atoms with Crippen LogP contribution in [0.1, 0.15) is 10.4 Å². The lowest BCUT2D eigenvalue weighted by atomic mass is 10.1. The largest absolute Gasteiger partial charge is 0.456 e. The molecule has 4 aromatic rings. The van der Waals surface area contributed by atoms with Gasteiger partial charge >= 0.3 is 0 Å². The van der Waals surface area contributed by atoms with E-state index >= 15 is 0 Å². The van der Waals surface area contributed by atoms with Crippen molar-refractivity contribution in [2.24, 2.45) is 0 Å². The normalized spacial score (nSPS) is 10.9. The van der Waals surface area contributed by atoms with Crippen molar-refractivity contribution in [1.82, 2.24) is 0 Å². The zero-order valence-electron chi connectivity index (χ0n) is 12.9. The Morgan fingerprint density at radius 2 is 1.64 bits per heavy atom. The number of para-hydroxylation sites is 3. The second-order valence-corrected chi connectivity index (χ2v) is 5.54. The first-order valence-corrected chi connectivity index (χ1v) is 7.59. The smallest absolute Gasteiger partial charge is 0.292 e. The number of carbonyl (C=O) groups excluding carboxylic acids is 1. The molecule has 122 valence electrons. The summed E-state index contributed by atoms with van der Waals surface area (Å²) in [6.45, 7) is 0. The van der Waals surface area contributed by atoms with E-state index in [2.05, 4.69) is 5.32 Å². The highest BCUT2D eigenvalue weighted by molar-refractivity contribution is 6.11. The van der Waals surface area contributed by atoms with Crippen LogP contribution in [0.4, 0.5) is 11.4 Å². The molecule has 0 saturated heterocycles. The molecule has 0 saturated carbocycles. The minimum Gasteiger partial charge on any atom is -0.456 e. The highest BCUT2D eigenvalue weighted by atomic mass is 16.6. The first-order valence-electron chi connectivity index (χ1n) is 7.59. The lowest BCUT2D eigenvalue weighted by Crippen LogP contribution is -2.12. The Morgan fingerprint density at radius 1 is 0.920 bits per heavy atom. The van der Waals surface area contributed by atoms with E-state index in [0.29, 0.717) is 11.1 Å². The fourth-order valence-electron chi connectivity index (χ4n) is 2.80. The zero-order chi connectivity index (χ0) is 17.4. The third-order valence-corrected chi connectivity index (χ3v) is 3.99. The van der Waals surface area contributed by atoms with Gasteiger partial charge in [-0.25, -0.2) is 0 Å². The number of anilines is 1. The second-order valence-electron chi connectivity index (χ2n) is 5.54. The second kappa shape index (κ2) is 5.76. The first kappa shape index (κ1) is 14.9. The van der Waals surface area contributed by atoms with Crippen LogP contribution in [-0.2, 0) is 0 Å². The van der Waals surface area contributed by atoms with E-state index in [-0.39, 0.29) is 11.4 Å². The van der Waals surface area contributed by atoms with Crippen LogP contribution >= 0.6 is 0 Å². The van der Waals surface area contributed by atoms with Gasteiger partial charge in [-0.3, -0.25) is 14.9 Å². The van der Waals surface area contributed by atoms with Gasteiger partial charge in [-0.1, -0.05) is 30.3 Å². The van der Waals surface area contributed by atoms with Gasteiger partial charge in [0.05, 0.1) is 4.92 Å². The van der Waals surface area contributed by atoms with E-state index in [1.54, 1.807) is 30.3 Å². The van der Waals surface area contributed by atoms with Gasteiger partial charge in [0.25, 0.3) is 11.6 Å². The van der Waals surface area contributed by atoms with Gasteiger partial charge in [0, 0.05) is 22.4 Å². The average molecular weight is 332 g/mol. The number of furan rings is 1. The number of nitrogens with one attached hydrogen (secondary N) is 1. The highest BCUT2D eigenvalue weighted by Crippen LogP contribution is 2.30. The van der Waals surface area contributed by atoms with Crippen LogP contribution in [0.5, 0.6) is 0 Å². The van der Waals surface area contributed by atoms with E-state index in [1.165, 1.54) is 12.1 Å². The van der Waals surface area contributed by atoms with Gasteiger partial charge in [0.15, 0.2) is 0 Å². The van der Waals surface area contributed by atoms with Crippen LogP contribution in [-0.4, -0.2) is 10.8 Å². The Balaban J connectivity index is 1.73. The molecule has 3 aromatic carbocycles. The summed E-state index contributed by atoms with van der Waals surface area (Å²) < 4.78 is 5.73. The van der Waals surface area contributed by atoms with Gasteiger partial charge in [-0.05, 0) is 30.3 Å². The van der Waals surface area contributed by atoms with Crippen LogP contribution in [0.25, 0.3) is 21.9 Å². The summed E-state index contributed by atoms with van der Waals surface area (Å²) in [5.41, 5.74) is 1.84. The number of nitrogens with zero attached hydrogens (tertiary/aromatic N) is 1. The minimum atomic E-state index is -0.525. The maximum Gasteiger partial charge on any atom is 0.292 e. The van der Waals surface area contributed by atoms with Crippen molar-refractivity contribution in [3.8, 4) is 0 Å². The number of hydrogen-bond donors (Lipinski definition) is 1. The maximum atomic E-state index is 12.5. The molecule has 0 atom stereocenters. The number of benzene rings is 3. The van der Waals surface area contributed by atoms with Gasteiger partial charge in [0.1, 0.15) is 16.9 Å². The molecule has 1 heterocycles. The molecule has 0 radical (unpaired) electrons. The lowest BCUT2D eigenvalue weighted by molar-refractivity contribution is -0.383. The molecular weight excluding hydrogens is 320 g/mol. The fraction of sp³-hybridized carbons (Fsp3) is 0. The maximum absolute atomic E-state index is 12.5. The summed E-state index contributed by atoms with van der Waals surface area (Å²) >= 11 is 0. The quantitative estimate of drug-likeness (QED) is 0.433. The molecule has 0 aliphatic carbocycles. The highest BCUT2D eigenvalue weighted by Gasteiger charge is 2.16. The van der Waals surface area contributed by atoms with Crippen molar-refractivity contribution < 1.29 is 14.1 Å². The van der Waals surface area contributed by atoms with E-state index < -0.39 is 10.8 Å². The van der Waals surface area contributed by atoms with Crippen molar-refractivity contribution in [1.29, 1.82) is 0 Å². The van der Waals surface area contributed by atoms with Crippen molar-refractivity contribution in [2.45, 2.75) is 0 Å². The van der Waals surface area contributed by atoms with Crippen LogP contribution < -0.4 is 5.32 Å². The summed E-state index contributed by atoms with van der Waals surface area (Å²) in [7, 11) is 0. The summed E-state index contributed by atoms with van der Waals surface area (Å²) in [6, 6.07) is 18.7. The first-order chi connectivity index (χ1) is 12.1. The number of nitro benzene ring substituents is 1. The number of carbonyl (C=O) groups is 1. The molecular formula is C19H12N2O4. The minimum absolute atomic E-state index is 0.148. The Hall–Kier alpha value is -3.67. The van der Waals surface area contributed by atoms with Crippen LogP contribution in [0.2, 0.25) is 0 Å². The molecule has 1 aromatic heterocycles. The van der Waals surface area contributed by atoms with Gasteiger partial charge < -0.3 is 9.73 Å². The summed E-state index contributed by atoms with van der Waals surface area (Å²) in [5.74, 6) is -0.415. The van der Waals surface area contributed by atoms with Gasteiger partial charge in [-0.15, -0.1) is 0 Å². The molecule has 25 heavy (non-hydrogen) atoms. The van der Waals surface area contributed by atoms with Crippen molar-refractivity contribution in [2.75, 3.05) is 5.32 Å². The van der Waals surface area contributed by atoms with Crippen molar-refractivity contribution >= 4 is 39.2 Å². The third-order valence-electron chi connectivity index (χ3n) is 3.99. The van der Waals surface area contributed by atoms with E-state index in [1.807, 2.05) is 24.3 Å². The molecule has 0 aliphatic rings. The molecule has 0 spiro atoms. The Labute approximate surface area is 141 Å². The Morgan fingerprint density at radius 3 is 2.48 bits per heavy atom. The standard InChI is InChI=1S/C19H12N2O4/c22-19(20-15-6-2-3-7-16(15)21(23)24)12-9-10-18-14(11-12)13-5-1-4-8-17(13)25-18/h1-11H,(H,20,22). The Bertz CT molecular complexity index is 1130. The number of hydrogen-bond acceptors (Lipinski definition) is 4. The number of rotatable bonds is 3. The van der Waals surface area contributed by atoms with Crippen LogP contribution in [0.3, 0.4) is 0 Å². The average Bonchev–Trinajstić information content (AvgIpc) is 2.99. The number of amides is 1. The molecule has 6 heteroatoms. The molecule has 1 N–H and O–H groups in total. The zero-order valence-corrected chi connectivity index (χ0v) is 12.9. The summed E-state index contributed by atoms with van der Waals surface area (Å²) in [6.07, 6.45) is 0. The molecule has 0 bridgehead atoms. The predicted molar refractivity (Wildman–Crippen MR) is 94.8 cm³/mol. The van der Waals surface area contributed by atoms with Crippen molar-refractivity contribution in [3.63, 3.8) is 0 Å². The molecule has 0 aliphatic heterocycles. The summed E-state index contributed by atoms with van der Waals surface area (Å²) in [5, 5.41) is 15.4. The van der Waals surface area contributed by atoms with E-state index in [0.717, 1.165) is 16.4 Å². The number of fused-ring (bicyclic) bond motifs is 3. The number of nitro groups is 1. The molecule has 0 unspecified atom stereocenters. The van der Waals surface area contributed by atoms with E-state index in [4.69, 9.17) is 4.42 Å². The topological polar surface area (TPSA) is 85.4 Å². The summed E-state index contributed by atoms with van der Waals surface area (Å²) in [4.78, 5) is 23.1. The Kier molecular flexibility index (Phi) is 3.43. The van der Waals surface area contributed by atoms with E-state index in [9.17, 15) is 14.9 Å². The van der Waals surface area contributed by atoms with Crippen LogP contribution in [0.15, 0.2) is 71.1 Å². The van der Waals surface area contributed by atoms with Gasteiger partial charge in [-0.2, -0.15) is 0 Å². The predicted octanol–water partition coefficient (Wildman–Crippen LogP) is 4.75. The van der Waals surface area contributed by atoms with Crippen molar-refractivity contribution in [3.05, 3.63) is 82.4 Å². The lowest BCUT2D eigenvalue weighted by Gasteiger charge is -2.06. The SMILES string of the molecule is O=C(Nc1ccccc1[N+](=O)[O-])c1ccc2oc3ccccc3c2c1. The van der Waals surface area contributed by atoms with Crippen LogP contribution in [0, 0.1) is 10.1 Å². The third kappa shape index (κ3) is 2.59. The van der Waals surface area contributed by atoms with Gasteiger partial charge in [0.2, 0.25) is 0 Å². The monoisotopic (exact) mass is 332 g/mol. The molecule has 4 rings (SSSR count).